The molecule has 0 radical (unpaired) electrons. The van der Waals surface area contributed by atoms with E-state index in [0.29, 0.717) is 6.42 Å². The van der Waals surface area contributed by atoms with Crippen molar-refractivity contribution in [2.24, 2.45) is 0 Å². The van der Waals surface area contributed by atoms with E-state index >= 15 is 0 Å². The summed E-state index contributed by atoms with van der Waals surface area (Å²) in [5.41, 5.74) is 3.12. The van der Waals surface area contributed by atoms with Crippen molar-refractivity contribution in [3.63, 3.8) is 0 Å². The van der Waals surface area contributed by atoms with E-state index in [2.05, 4.69) is 10.4 Å². The molecule has 1 aliphatic heterocycles. The van der Waals surface area contributed by atoms with Gasteiger partial charge in [0.05, 0.1) is 17.8 Å². The molecule has 2 atom stereocenters. The summed E-state index contributed by atoms with van der Waals surface area (Å²) in [6.07, 6.45) is -2.69. The van der Waals surface area contributed by atoms with Gasteiger partial charge < -0.3 is 5.32 Å². The highest BCUT2D eigenvalue weighted by atomic mass is 19.4. The second-order valence-electron chi connectivity index (χ2n) is 9.09. The van der Waals surface area contributed by atoms with Crippen molar-refractivity contribution in [2.45, 2.75) is 43.4 Å². The molecule has 0 saturated carbocycles. The molecule has 0 saturated heterocycles. The summed E-state index contributed by atoms with van der Waals surface area (Å²) in [7, 11) is 0. The molecule has 1 aliphatic rings. The maximum absolute atomic E-state index is 14.0. The molecule has 4 aromatic rings. The van der Waals surface area contributed by atoms with Crippen LogP contribution >= 0.6 is 0 Å². The van der Waals surface area contributed by atoms with Crippen LogP contribution in [0.2, 0.25) is 0 Å². The van der Waals surface area contributed by atoms with Gasteiger partial charge in [-0.2, -0.15) is 18.3 Å². The third kappa shape index (κ3) is 4.91. The number of hydrogen-bond donors (Lipinski definition) is 1. The normalized spacial score (nSPS) is 17.4. The Morgan fingerprint density at radius 3 is 2.03 bits per heavy atom. The Labute approximate surface area is 207 Å². The molecule has 2 unspecified atom stereocenters. The zero-order valence-corrected chi connectivity index (χ0v) is 19.5. The number of anilines is 1. The van der Waals surface area contributed by atoms with E-state index in [9.17, 15) is 18.0 Å². The molecule has 3 aromatic carbocycles. The Balaban J connectivity index is 1.42. The lowest BCUT2D eigenvalue weighted by molar-refractivity contribution is -0.173. The van der Waals surface area contributed by atoms with Crippen molar-refractivity contribution in [3.05, 3.63) is 119 Å². The molecule has 0 aliphatic carbocycles. The Morgan fingerprint density at radius 1 is 0.917 bits per heavy atom. The van der Waals surface area contributed by atoms with Crippen LogP contribution in [0.5, 0.6) is 0 Å². The van der Waals surface area contributed by atoms with E-state index in [4.69, 9.17) is 0 Å². The van der Waals surface area contributed by atoms with E-state index in [-0.39, 0.29) is 35.9 Å². The summed E-state index contributed by atoms with van der Waals surface area (Å²) in [6.45, 7) is 0. The van der Waals surface area contributed by atoms with Gasteiger partial charge in [-0.15, -0.1) is 0 Å². The van der Waals surface area contributed by atoms with E-state index < -0.39 is 18.3 Å². The minimum atomic E-state index is -4.48. The van der Waals surface area contributed by atoms with Gasteiger partial charge in [0.1, 0.15) is 5.82 Å². The number of rotatable bonds is 7. The average Bonchev–Trinajstić information content (AvgIpc) is 3.33. The van der Waals surface area contributed by atoms with Crippen LogP contribution in [-0.4, -0.2) is 21.7 Å². The van der Waals surface area contributed by atoms with Crippen molar-refractivity contribution < 1.29 is 18.0 Å². The zero-order valence-electron chi connectivity index (χ0n) is 19.5. The van der Waals surface area contributed by atoms with Crippen LogP contribution in [0.1, 0.15) is 64.3 Å². The number of alkyl halides is 3. The van der Waals surface area contributed by atoms with Gasteiger partial charge in [-0.3, -0.25) is 4.79 Å². The minimum absolute atomic E-state index is 0.00398. The summed E-state index contributed by atoms with van der Waals surface area (Å²) >= 11 is 0. The lowest BCUT2D eigenvalue weighted by Crippen LogP contribution is -2.36. The average molecular weight is 490 g/mol. The van der Waals surface area contributed by atoms with Gasteiger partial charge in [0.25, 0.3) is 0 Å². The quantitative estimate of drug-likeness (QED) is 0.276. The molecule has 7 heteroatoms. The molecule has 0 fully saturated rings. The molecule has 4 nitrogen and oxygen atoms in total. The number of aromatic nitrogens is 2. The van der Waals surface area contributed by atoms with Gasteiger partial charge in [0, 0.05) is 18.8 Å². The summed E-state index contributed by atoms with van der Waals surface area (Å²) in [6, 6.07) is 26.5. The SMILES string of the molecule is O=C(CCC(c1ccccc1)c1ccccc1)c1cnn2c1NC(c1ccccc1)CC2C(F)(F)F. The van der Waals surface area contributed by atoms with Gasteiger partial charge in [-0.05, 0) is 23.1 Å². The smallest absolute Gasteiger partial charge is 0.363 e. The van der Waals surface area contributed by atoms with Crippen molar-refractivity contribution in [1.29, 1.82) is 0 Å². The second-order valence-corrected chi connectivity index (χ2v) is 9.09. The number of fused-ring (bicyclic) bond motifs is 1. The highest BCUT2D eigenvalue weighted by Gasteiger charge is 2.47. The molecular weight excluding hydrogens is 463 g/mol. The summed E-state index contributed by atoms with van der Waals surface area (Å²) in [5.74, 6) is -0.0932. The maximum Gasteiger partial charge on any atom is 0.410 e. The number of carbonyl (C=O) groups excluding carboxylic acids is 1. The first-order valence-corrected chi connectivity index (χ1v) is 12.0. The number of halogens is 3. The fourth-order valence-corrected chi connectivity index (χ4v) is 4.98. The van der Waals surface area contributed by atoms with Crippen molar-refractivity contribution >= 4 is 11.6 Å². The molecule has 0 bridgehead atoms. The van der Waals surface area contributed by atoms with Crippen molar-refractivity contribution in [2.75, 3.05) is 5.32 Å². The highest BCUT2D eigenvalue weighted by Crippen LogP contribution is 2.44. The fraction of sp³-hybridized carbons (Fsp3) is 0.241. The van der Waals surface area contributed by atoms with Gasteiger partial charge in [0.2, 0.25) is 0 Å². The lowest BCUT2D eigenvalue weighted by atomic mass is 9.86. The topological polar surface area (TPSA) is 46.9 Å². The molecular formula is C29H26F3N3O. The first-order valence-electron chi connectivity index (χ1n) is 12.0. The molecule has 2 heterocycles. The predicted molar refractivity (Wildman–Crippen MR) is 133 cm³/mol. The highest BCUT2D eigenvalue weighted by molar-refractivity contribution is 6.00. The Hall–Kier alpha value is -3.87. The predicted octanol–water partition coefficient (Wildman–Crippen LogP) is 7.34. The summed E-state index contributed by atoms with van der Waals surface area (Å²) < 4.78 is 42.9. The Morgan fingerprint density at radius 2 is 1.47 bits per heavy atom. The largest absolute Gasteiger partial charge is 0.410 e. The van der Waals surface area contributed by atoms with Crippen LogP contribution in [0.15, 0.2) is 97.2 Å². The molecule has 1 N–H and O–H groups in total. The first-order chi connectivity index (χ1) is 17.4. The Kier molecular flexibility index (Phi) is 6.63. The Bertz CT molecular complexity index is 1260. The molecule has 0 spiro atoms. The molecule has 0 amide bonds. The maximum atomic E-state index is 14.0. The fourth-order valence-electron chi connectivity index (χ4n) is 4.98. The van der Waals surface area contributed by atoms with E-state index in [1.807, 2.05) is 66.7 Å². The monoisotopic (exact) mass is 489 g/mol. The van der Waals surface area contributed by atoms with Gasteiger partial charge in [-0.1, -0.05) is 91.0 Å². The van der Waals surface area contributed by atoms with E-state index in [0.717, 1.165) is 21.4 Å². The summed E-state index contributed by atoms with van der Waals surface area (Å²) in [4.78, 5) is 13.4. The number of hydrogen-bond acceptors (Lipinski definition) is 3. The van der Waals surface area contributed by atoms with Crippen molar-refractivity contribution in [3.8, 4) is 0 Å². The number of Topliss-reactive ketones (excluding diaryl/α,β-unsaturated/α-hetero) is 1. The number of benzene rings is 3. The minimum Gasteiger partial charge on any atom is -0.363 e. The van der Waals surface area contributed by atoms with E-state index in [1.54, 1.807) is 24.3 Å². The van der Waals surface area contributed by atoms with E-state index in [1.165, 1.54) is 6.20 Å². The zero-order chi connectivity index (χ0) is 25.1. The molecule has 36 heavy (non-hydrogen) atoms. The molecule has 5 rings (SSSR count). The number of ketones is 1. The third-order valence-corrected chi connectivity index (χ3v) is 6.80. The van der Waals surface area contributed by atoms with Crippen LogP contribution < -0.4 is 5.32 Å². The first kappa shape index (κ1) is 23.9. The van der Waals surface area contributed by atoms with Gasteiger partial charge in [0.15, 0.2) is 11.8 Å². The van der Waals surface area contributed by atoms with Crippen LogP contribution in [0.25, 0.3) is 0 Å². The summed E-state index contributed by atoms with van der Waals surface area (Å²) in [5, 5.41) is 7.19. The van der Waals surface area contributed by atoms with Crippen molar-refractivity contribution in [1.82, 2.24) is 9.78 Å². The van der Waals surface area contributed by atoms with Crippen LogP contribution in [0.4, 0.5) is 19.0 Å². The van der Waals surface area contributed by atoms with Crippen LogP contribution in [-0.2, 0) is 0 Å². The number of nitrogens with one attached hydrogen (secondary N) is 1. The van der Waals surface area contributed by atoms with Gasteiger partial charge in [-0.25, -0.2) is 4.68 Å². The molecule has 184 valence electrons. The third-order valence-electron chi connectivity index (χ3n) is 6.80. The van der Waals surface area contributed by atoms with Gasteiger partial charge >= 0.3 is 6.18 Å². The molecule has 1 aromatic heterocycles. The number of carbonyl (C=O) groups is 1. The van der Waals surface area contributed by atoms with Crippen LogP contribution in [0, 0.1) is 0 Å². The second kappa shape index (κ2) is 10.0. The number of nitrogens with zero attached hydrogens (tertiary/aromatic N) is 2. The standard InChI is InChI=1S/C29H26F3N3O/c30-29(31,32)27-18-25(22-14-8-3-9-15-22)34-28-24(19-33-35(27)28)26(36)17-16-23(20-10-4-1-5-11-20)21-12-6-2-7-13-21/h1-15,19,23,25,27,34H,16-18H2. The lowest BCUT2D eigenvalue weighted by Gasteiger charge is -2.34. The van der Waals surface area contributed by atoms with Crippen LogP contribution in [0.3, 0.4) is 0 Å².